The zero-order valence-corrected chi connectivity index (χ0v) is 11.8. The first-order chi connectivity index (χ1) is 7.64. The molecule has 0 fully saturated rings. The molecule has 0 aliphatic heterocycles. The number of ether oxygens (including phenoxy) is 1. The van der Waals surface area contributed by atoms with Gasteiger partial charge in [-0.3, -0.25) is 0 Å². The lowest BCUT2D eigenvalue weighted by Gasteiger charge is -2.23. The van der Waals surface area contributed by atoms with Crippen LogP contribution < -0.4 is 5.32 Å². The van der Waals surface area contributed by atoms with Gasteiger partial charge < -0.3 is 10.1 Å². The van der Waals surface area contributed by atoms with Crippen LogP contribution in [-0.4, -0.2) is 20.2 Å². The van der Waals surface area contributed by atoms with Crippen LogP contribution in [0.5, 0.6) is 0 Å². The monoisotopic (exact) mass is 257 g/mol. The quantitative estimate of drug-likeness (QED) is 0.757. The molecule has 0 heterocycles. The second-order valence-corrected chi connectivity index (χ2v) is 4.98. The van der Waals surface area contributed by atoms with Crippen LogP contribution in [0.3, 0.4) is 0 Å². The van der Waals surface area contributed by atoms with Crippen molar-refractivity contribution in [3.05, 3.63) is 35.9 Å². The summed E-state index contributed by atoms with van der Waals surface area (Å²) >= 11 is 0. The van der Waals surface area contributed by atoms with Crippen LogP contribution in [0.1, 0.15) is 25.8 Å². The first-order valence-electron chi connectivity index (χ1n) is 5.90. The van der Waals surface area contributed by atoms with Gasteiger partial charge in [-0.2, -0.15) is 0 Å². The molecule has 1 N–H and O–H groups in total. The summed E-state index contributed by atoms with van der Waals surface area (Å²) in [7, 11) is 1.99. The van der Waals surface area contributed by atoms with Gasteiger partial charge in [0.1, 0.15) is 0 Å². The van der Waals surface area contributed by atoms with Crippen molar-refractivity contribution >= 4 is 12.4 Å². The van der Waals surface area contributed by atoms with Crippen LogP contribution in [0.2, 0.25) is 0 Å². The van der Waals surface area contributed by atoms with E-state index in [4.69, 9.17) is 4.74 Å². The van der Waals surface area contributed by atoms with Gasteiger partial charge in [-0.15, -0.1) is 12.4 Å². The number of halogens is 1. The number of hydrogen-bond acceptors (Lipinski definition) is 2. The van der Waals surface area contributed by atoms with Crippen molar-refractivity contribution in [1.82, 2.24) is 5.32 Å². The molecule has 3 heteroatoms. The highest BCUT2D eigenvalue weighted by Gasteiger charge is 2.15. The lowest BCUT2D eigenvalue weighted by Crippen LogP contribution is -2.27. The Hall–Kier alpha value is -0.570. The maximum absolute atomic E-state index is 5.67. The summed E-state index contributed by atoms with van der Waals surface area (Å²) in [6.45, 7) is 7.09. The number of benzene rings is 1. The van der Waals surface area contributed by atoms with Gasteiger partial charge in [0.05, 0.1) is 6.61 Å². The van der Waals surface area contributed by atoms with Crippen molar-refractivity contribution in [3.8, 4) is 0 Å². The first kappa shape index (κ1) is 16.4. The Morgan fingerprint density at radius 2 is 1.82 bits per heavy atom. The summed E-state index contributed by atoms with van der Waals surface area (Å²) in [4.78, 5) is 0. The summed E-state index contributed by atoms with van der Waals surface area (Å²) in [5.74, 6) is 0. The molecule has 0 atom stereocenters. The maximum Gasteiger partial charge on any atom is 0.0716 e. The molecular formula is C14H24ClNO. The molecule has 0 bridgehead atoms. The highest BCUT2D eigenvalue weighted by atomic mass is 35.5. The fourth-order valence-electron chi connectivity index (χ4n) is 1.68. The molecule has 0 saturated carbocycles. The minimum atomic E-state index is 0. The van der Waals surface area contributed by atoms with Crippen molar-refractivity contribution in [2.24, 2.45) is 5.41 Å². The molecule has 1 aromatic rings. The van der Waals surface area contributed by atoms with E-state index in [0.29, 0.717) is 5.41 Å². The Kier molecular flexibility index (Phi) is 8.23. The highest BCUT2D eigenvalue weighted by molar-refractivity contribution is 5.85. The smallest absolute Gasteiger partial charge is 0.0716 e. The van der Waals surface area contributed by atoms with Gasteiger partial charge in [0, 0.05) is 13.2 Å². The third-order valence-corrected chi connectivity index (χ3v) is 2.69. The molecule has 0 aliphatic carbocycles. The fourth-order valence-corrected chi connectivity index (χ4v) is 1.68. The molecule has 2 nitrogen and oxygen atoms in total. The summed E-state index contributed by atoms with van der Waals surface area (Å²) in [5.41, 5.74) is 1.56. The zero-order chi connectivity index (χ0) is 11.9. The van der Waals surface area contributed by atoms with Crippen molar-refractivity contribution in [2.75, 3.05) is 20.2 Å². The minimum Gasteiger partial charge on any atom is -0.377 e. The molecule has 0 amide bonds. The molecule has 0 aromatic heterocycles. The lowest BCUT2D eigenvalue weighted by molar-refractivity contribution is 0.0923. The predicted molar refractivity (Wildman–Crippen MR) is 75.7 cm³/mol. The number of rotatable bonds is 7. The highest BCUT2D eigenvalue weighted by Crippen LogP contribution is 2.18. The topological polar surface area (TPSA) is 21.3 Å². The van der Waals surface area contributed by atoms with E-state index in [-0.39, 0.29) is 12.4 Å². The molecular weight excluding hydrogens is 234 g/mol. The van der Waals surface area contributed by atoms with E-state index in [2.05, 4.69) is 31.3 Å². The van der Waals surface area contributed by atoms with E-state index >= 15 is 0 Å². The zero-order valence-electron chi connectivity index (χ0n) is 11.0. The Morgan fingerprint density at radius 1 is 1.18 bits per heavy atom. The SMILES string of the molecule is CNCC(C)(C)CCOCc1ccccc1.Cl. The second kappa shape index (κ2) is 8.51. The van der Waals surface area contributed by atoms with Gasteiger partial charge in [-0.1, -0.05) is 44.2 Å². The summed E-state index contributed by atoms with van der Waals surface area (Å²) in [6.07, 6.45) is 1.08. The van der Waals surface area contributed by atoms with E-state index in [1.54, 1.807) is 0 Å². The molecule has 1 aromatic carbocycles. The third-order valence-electron chi connectivity index (χ3n) is 2.69. The van der Waals surface area contributed by atoms with Crippen LogP contribution in [0.15, 0.2) is 30.3 Å². The van der Waals surface area contributed by atoms with Crippen molar-refractivity contribution in [2.45, 2.75) is 26.9 Å². The summed E-state index contributed by atoms with van der Waals surface area (Å²) < 4.78 is 5.67. The lowest BCUT2D eigenvalue weighted by atomic mass is 9.90. The standard InChI is InChI=1S/C14H23NO.ClH/c1-14(2,12-15-3)9-10-16-11-13-7-5-4-6-8-13;/h4-8,15H,9-12H2,1-3H3;1H. The molecule has 0 radical (unpaired) electrons. The van der Waals surface area contributed by atoms with E-state index in [9.17, 15) is 0 Å². The Bertz CT molecular complexity index is 288. The molecule has 0 aliphatic rings. The predicted octanol–water partition coefficient (Wildman–Crippen LogP) is 3.26. The average Bonchev–Trinajstić information content (AvgIpc) is 2.26. The van der Waals surface area contributed by atoms with Crippen LogP contribution in [0.4, 0.5) is 0 Å². The Morgan fingerprint density at radius 3 is 2.41 bits per heavy atom. The van der Waals surface area contributed by atoms with E-state index in [0.717, 1.165) is 26.2 Å². The first-order valence-corrected chi connectivity index (χ1v) is 5.90. The second-order valence-electron chi connectivity index (χ2n) is 4.98. The molecule has 98 valence electrons. The number of nitrogens with one attached hydrogen (secondary N) is 1. The normalized spacial score (nSPS) is 11.0. The average molecular weight is 258 g/mol. The summed E-state index contributed by atoms with van der Waals surface area (Å²) in [6, 6.07) is 10.3. The van der Waals surface area contributed by atoms with Crippen LogP contribution in [0, 0.1) is 5.41 Å². The maximum atomic E-state index is 5.67. The Balaban J connectivity index is 0.00000256. The van der Waals surface area contributed by atoms with Gasteiger partial charge in [0.25, 0.3) is 0 Å². The van der Waals surface area contributed by atoms with Gasteiger partial charge in [-0.05, 0) is 24.4 Å². The molecule has 0 saturated heterocycles. The molecule has 1 rings (SSSR count). The third kappa shape index (κ3) is 7.37. The molecule has 17 heavy (non-hydrogen) atoms. The largest absolute Gasteiger partial charge is 0.377 e. The van der Waals surface area contributed by atoms with Gasteiger partial charge in [0.2, 0.25) is 0 Å². The van der Waals surface area contributed by atoms with Crippen molar-refractivity contribution in [3.63, 3.8) is 0 Å². The molecule has 0 spiro atoms. The van der Waals surface area contributed by atoms with Crippen LogP contribution in [0.25, 0.3) is 0 Å². The number of hydrogen-bond donors (Lipinski definition) is 1. The van der Waals surface area contributed by atoms with Gasteiger partial charge in [-0.25, -0.2) is 0 Å². The van der Waals surface area contributed by atoms with Gasteiger partial charge in [0.15, 0.2) is 0 Å². The summed E-state index contributed by atoms with van der Waals surface area (Å²) in [5, 5.41) is 3.21. The van der Waals surface area contributed by atoms with Crippen LogP contribution in [-0.2, 0) is 11.3 Å². The van der Waals surface area contributed by atoms with E-state index < -0.39 is 0 Å². The minimum absolute atomic E-state index is 0. The fraction of sp³-hybridized carbons (Fsp3) is 0.571. The van der Waals surface area contributed by atoms with Crippen molar-refractivity contribution < 1.29 is 4.74 Å². The van der Waals surface area contributed by atoms with Gasteiger partial charge >= 0.3 is 0 Å². The van der Waals surface area contributed by atoms with E-state index in [1.165, 1.54) is 5.56 Å². The van der Waals surface area contributed by atoms with Crippen molar-refractivity contribution in [1.29, 1.82) is 0 Å². The Labute approximate surface area is 111 Å². The van der Waals surface area contributed by atoms with Crippen LogP contribution >= 0.6 is 12.4 Å². The molecule has 0 unspecified atom stereocenters. The van der Waals surface area contributed by atoms with E-state index in [1.807, 2.05) is 25.2 Å².